The van der Waals surface area contributed by atoms with Crippen LogP contribution in [0.3, 0.4) is 0 Å². The van der Waals surface area contributed by atoms with Crippen LogP contribution in [0.25, 0.3) is 0 Å². The van der Waals surface area contributed by atoms with Gasteiger partial charge in [-0.15, -0.1) is 17.5 Å². The van der Waals surface area contributed by atoms with Crippen LogP contribution in [0.1, 0.15) is 47.6 Å². The molecule has 0 bridgehead atoms. The van der Waals surface area contributed by atoms with E-state index in [-0.39, 0.29) is 36.9 Å². The summed E-state index contributed by atoms with van der Waals surface area (Å²) in [5, 5.41) is 14.5. The molecule has 1 amide bonds. The summed E-state index contributed by atoms with van der Waals surface area (Å²) in [6.07, 6.45) is 2.43. The lowest BCUT2D eigenvalue weighted by Gasteiger charge is -2.23. The van der Waals surface area contributed by atoms with Crippen molar-refractivity contribution in [1.82, 2.24) is 25.6 Å². The second kappa shape index (κ2) is 11.7. The van der Waals surface area contributed by atoms with Crippen LogP contribution in [0.5, 0.6) is 0 Å². The Hall–Kier alpha value is -2.45. The fraction of sp³-hybridized carbons (Fsp3) is 0.524. The monoisotopic (exact) mass is 435 g/mol. The second-order valence-electron chi connectivity index (χ2n) is 7.30. The zero-order valence-corrected chi connectivity index (χ0v) is 18.3. The molecule has 2 heterocycles. The van der Waals surface area contributed by atoms with Crippen LogP contribution in [0, 0.1) is 12.8 Å². The molecule has 1 saturated heterocycles. The lowest BCUT2D eigenvalue weighted by molar-refractivity contribution is -0.147. The predicted molar refractivity (Wildman–Crippen MR) is 116 cm³/mol. The summed E-state index contributed by atoms with van der Waals surface area (Å²) in [6, 6.07) is 9.97. The fourth-order valence-corrected chi connectivity index (χ4v) is 3.65. The molecule has 0 saturated carbocycles. The molecule has 8 nitrogen and oxygen atoms in total. The Morgan fingerprint density at radius 1 is 1.27 bits per heavy atom. The molecular weight excluding hydrogens is 406 g/mol. The van der Waals surface area contributed by atoms with Crippen molar-refractivity contribution in [3.8, 4) is 0 Å². The second-order valence-corrected chi connectivity index (χ2v) is 7.30. The number of benzene rings is 1. The zero-order chi connectivity index (χ0) is 20.6. The van der Waals surface area contributed by atoms with Gasteiger partial charge in [0.25, 0.3) is 5.91 Å². The van der Waals surface area contributed by atoms with Gasteiger partial charge in [0.15, 0.2) is 5.69 Å². The van der Waals surface area contributed by atoms with Gasteiger partial charge in [-0.05, 0) is 51.8 Å². The SMILES string of the molecule is CCOC(=O)C(CNC(=O)c1nnn(C2CCNCC2)c1C)Cc1ccccc1.Cl. The summed E-state index contributed by atoms with van der Waals surface area (Å²) >= 11 is 0. The molecule has 0 aliphatic carbocycles. The fourth-order valence-electron chi connectivity index (χ4n) is 3.65. The normalized spacial score (nSPS) is 15.1. The molecule has 1 aromatic heterocycles. The maximum atomic E-state index is 12.7. The maximum absolute atomic E-state index is 12.7. The summed E-state index contributed by atoms with van der Waals surface area (Å²) in [6.45, 7) is 6.01. The van der Waals surface area contributed by atoms with E-state index in [0.717, 1.165) is 37.2 Å². The van der Waals surface area contributed by atoms with Gasteiger partial charge in [-0.3, -0.25) is 9.59 Å². The third-order valence-electron chi connectivity index (χ3n) is 5.25. The van der Waals surface area contributed by atoms with Crippen LogP contribution < -0.4 is 10.6 Å². The Morgan fingerprint density at radius 3 is 2.63 bits per heavy atom. The number of amides is 1. The van der Waals surface area contributed by atoms with Gasteiger partial charge in [0, 0.05) is 6.54 Å². The van der Waals surface area contributed by atoms with Crippen LogP contribution in [0.4, 0.5) is 0 Å². The molecule has 1 aromatic carbocycles. The van der Waals surface area contributed by atoms with Gasteiger partial charge in [-0.25, -0.2) is 4.68 Å². The minimum Gasteiger partial charge on any atom is -0.466 e. The zero-order valence-electron chi connectivity index (χ0n) is 17.5. The van der Waals surface area contributed by atoms with Crippen molar-refractivity contribution in [3.05, 3.63) is 47.3 Å². The number of rotatable bonds is 8. The number of carbonyl (C=O) groups excluding carboxylic acids is 2. The summed E-state index contributed by atoms with van der Waals surface area (Å²) in [7, 11) is 0. The van der Waals surface area contributed by atoms with E-state index in [4.69, 9.17) is 4.74 Å². The molecule has 2 N–H and O–H groups in total. The molecule has 0 spiro atoms. The van der Waals surface area contributed by atoms with E-state index >= 15 is 0 Å². The van der Waals surface area contributed by atoms with E-state index in [2.05, 4.69) is 20.9 Å². The number of hydrogen-bond acceptors (Lipinski definition) is 6. The van der Waals surface area contributed by atoms with Crippen LogP contribution in [0.2, 0.25) is 0 Å². The first-order chi connectivity index (χ1) is 14.1. The van der Waals surface area contributed by atoms with E-state index < -0.39 is 5.92 Å². The van der Waals surface area contributed by atoms with Crippen molar-refractivity contribution < 1.29 is 14.3 Å². The molecule has 3 rings (SSSR count). The Morgan fingerprint density at radius 2 is 1.97 bits per heavy atom. The summed E-state index contributed by atoms with van der Waals surface area (Å²) in [4.78, 5) is 25.1. The van der Waals surface area contributed by atoms with Crippen molar-refractivity contribution in [2.24, 2.45) is 5.92 Å². The standard InChI is InChI=1S/C21H29N5O3.ClH/c1-3-29-21(28)17(13-16-7-5-4-6-8-16)14-23-20(27)19-15(2)26(25-24-19)18-9-11-22-12-10-18;/h4-8,17-18,22H,3,9-14H2,1-2H3,(H,23,27);1H. The lowest BCUT2D eigenvalue weighted by Crippen LogP contribution is -2.35. The Kier molecular flexibility index (Phi) is 9.26. The number of esters is 1. The van der Waals surface area contributed by atoms with E-state index in [0.29, 0.717) is 18.7 Å². The molecule has 0 radical (unpaired) electrons. The predicted octanol–water partition coefficient (Wildman–Crippen LogP) is 2.08. The van der Waals surface area contributed by atoms with Crippen LogP contribution >= 0.6 is 12.4 Å². The van der Waals surface area contributed by atoms with Gasteiger partial charge in [-0.1, -0.05) is 35.5 Å². The highest BCUT2D eigenvalue weighted by Gasteiger charge is 2.25. The number of carbonyl (C=O) groups is 2. The molecule has 1 atom stereocenters. The van der Waals surface area contributed by atoms with Gasteiger partial charge in [0.05, 0.1) is 24.3 Å². The number of ether oxygens (including phenoxy) is 1. The highest BCUT2D eigenvalue weighted by Crippen LogP contribution is 2.20. The van der Waals surface area contributed by atoms with E-state index in [1.54, 1.807) is 6.92 Å². The first kappa shape index (κ1) is 23.8. The molecule has 2 aromatic rings. The van der Waals surface area contributed by atoms with Gasteiger partial charge < -0.3 is 15.4 Å². The van der Waals surface area contributed by atoms with Crippen molar-refractivity contribution >= 4 is 24.3 Å². The van der Waals surface area contributed by atoms with Gasteiger partial charge in [-0.2, -0.15) is 0 Å². The molecule has 30 heavy (non-hydrogen) atoms. The lowest BCUT2D eigenvalue weighted by atomic mass is 9.99. The number of piperidine rings is 1. The third-order valence-corrected chi connectivity index (χ3v) is 5.25. The highest BCUT2D eigenvalue weighted by atomic mass is 35.5. The summed E-state index contributed by atoms with van der Waals surface area (Å²) < 4.78 is 7.04. The van der Waals surface area contributed by atoms with Crippen LogP contribution in [-0.2, 0) is 16.0 Å². The summed E-state index contributed by atoms with van der Waals surface area (Å²) in [5.41, 5.74) is 2.09. The molecule has 164 valence electrons. The molecule has 1 aliphatic rings. The Bertz CT molecular complexity index is 821. The molecule has 1 unspecified atom stereocenters. The molecule has 9 heteroatoms. The Balaban J connectivity index is 0.00000320. The largest absolute Gasteiger partial charge is 0.466 e. The number of nitrogens with zero attached hydrogens (tertiary/aromatic N) is 3. The highest BCUT2D eigenvalue weighted by molar-refractivity contribution is 5.93. The van der Waals surface area contributed by atoms with Crippen molar-refractivity contribution in [1.29, 1.82) is 0 Å². The molecule has 1 fully saturated rings. The van der Waals surface area contributed by atoms with E-state index in [9.17, 15) is 9.59 Å². The summed E-state index contributed by atoms with van der Waals surface area (Å²) in [5.74, 6) is -1.09. The smallest absolute Gasteiger partial charge is 0.311 e. The van der Waals surface area contributed by atoms with Gasteiger partial charge in [0.1, 0.15) is 0 Å². The van der Waals surface area contributed by atoms with Crippen molar-refractivity contribution in [2.75, 3.05) is 26.2 Å². The average molecular weight is 436 g/mol. The minimum atomic E-state index is -0.457. The van der Waals surface area contributed by atoms with Gasteiger partial charge in [0.2, 0.25) is 0 Å². The van der Waals surface area contributed by atoms with Crippen molar-refractivity contribution in [3.63, 3.8) is 0 Å². The molecular formula is C21H30ClN5O3. The average Bonchev–Trinajstić information content (AvgIpc) is 3.13. The first-order valence-corrected chi connectivity index (χ1v) is 10.2. The minimum absolute atomic E-state index is 0. The number of hydrogen-bond donors (Lipinski definition) is 2. The Labute approximate surface area is 183 Å². The number of nitrogens with one attached hydrogen (secondary N) is 2. The number of halogens is 1. The topological polar surface area (TPSA) is 98.1 Å². The number of aromatic nitrogens is 3. The van der Waals surface area contributed by atoms with Crippen LogP contribution in [-0.4, -0.2) is 53.1 Å². The third kappa shape index (κ3) is 6.03. The maximum Gasteiger partial charge on any atom is 0.311 e. The van der Waals surface area contributed by atoms with E-state index in [1.165, 1.54) is 0 Å². The van der Waals surface area contributed by atoms with Gasteiger partial charge >= 0.3 is 5.97 Å². The first-order valence-electron chi connectivity index (χ1n) is 10.2. The molecule has 1 aliphatic heterocycles. The van der Waals surface area contributed by atoms with Crippen molar-refractivity contribution in [2.45, 2.75) is 39.2 Å². The van der Waals surface area contributed by atoms with Crippen LogP contribution in [0.15, 0.2) is 30.3 Å². The quantitative estimate of drug-likeness (QED) is 0.616. The van der Waals surface area contributed by atoms with E-state index in [1.807, 2.05) is 41.9 Å².